The molecule has 1 aromatic rings. The highest BCUT2D eigenvalue weighted by Crippen LogP contribution is 2.07. The van der Waals surface area contributed by atoms with Crippen LogP contribution in [0.25, 0.3) is 0 Å². The summed E-state index contributed by atoms with van der Waals surface area (Å²) in [6, 6.07) is 5.62. The Kier molecular flexibility index (Phi) is 4.75. The molecule has 0 spiro atoms. The van der Waals surface area contributed by atoms with Gasteiger partial charge in [0.15, 0.2) is 0 Å². The molecule has 0 bridgehead atoms. The Morgan fingerprint density at radius 2 is 2.00 bits per heavy atom. The van der Waals surface area contributed by atoms with E-state index in [-0.39, 0.29) is 11.7 Å². The van der Waals surface area contributed by atoms with E-state index in [0.29, 0.717) is 18.7 Å². The minimum absolute atomic E-state index is 0.0584. The van der Waals surface area contributed by atoms with Crippen molar-refractivity contribution in [1.82, 2.24) is 4.90 Å². The fourth-order valence-electron chi connectivity index (χ4n) is 1.28. The van der Waals surface area contributed by atoms with Crippen LogP contribution in [0.5, 0.6) is 0 Å². The molecule has 0 saturated heterocycles. The minimum atomic E-state index is -0.324. The third kappa shape index (κ3) is 3.30. The molecular weight excluding hydrogens is 261 g/mol. The van der Waals surface area contributed by atoms with Crippen molar-refractivity contribution in [3.8, 4) is 0 Å². The largest absolute Gasteiger partial charge is 0.338 e. The van der Waals surface area contributed by atoms with Crippen LogP contribution in [0.3, 0.4) is 0 Å². The summed E-state index contributed by atoms with van der Waals surface area (Å²) in [5.74, 6) is -0.382. The smallest absolute Gasteiger partial charge is 0.253 e. The summed E-state index contributed by atoms with van der Waals surface area (Å²) in [6.45, 7) is 3.23. The normalized spacial score (nSPS) is 10.1. The fraction of sp³-hybridized carbons (Fsp3) is 0.364. The fourth-order valence-corrected chi connectivity index (χ4v) is 1.71. The van der Waals surface area contributed by atoms with E-state index in [1.165, 1.54) is 24.3 Å². The van der Waals surface area contributed by atoms with Gasteiger partial charge in [-0.2, -0.15) is 0 Å². The molecule has 82 valence electrons. The molecule has 1 aromatic carbocycles. The van der Waals surface area contributed by atoms with Gasteiger partial charge in [-0.15, -0.1) is 0 Å². The molecule has 0 aliphatic carbocycles. The van der Waals surface area contributed by atoms with Crippen LogP contribution >= 0.6 is 15.9 Å². The van der Waals surface area contributed by atoms with Crippen LogP contribution in [0.2, 0.25) is 0 Å². The zero-order chi connectivity index (χ0) is 11.3. The first kappa shape index (κ1) is 12.2. The summed E-state index contributed by atoms with van der Waals surface area (Å²) in [4.78, 5) is 13.6. The monoisotopic (exact) mass is 273 g/mol. The third-order valence-corrected chi connectivity index (χ3v) is 2.47. The average molecular weight is 274 g/mol. The van der Waals surface area contributed by atoms with Crippen molar-refractivity contribution in [2.45, 2.75) is 6.92 Å². The quantitative estimate of drug-likeness (QED) is 0.773. The van der Waals surface area contributed by atoms with Gasteiger partial charge in [-0.3, -0.25) is 4.79 Å². The Balaban J connectivity index is 2.78. The van der Waals surface area contributed by atoms with Gasteiger partial charge in [-0.1, -0.05) is 15.9 Å². The second-order valence-corrected chi connectivity index (χ2v) is 3.87. The average Bonchev–Trinajstić information content (AvgIpc) is 2.26. The highest BCUT2D eigenvalue weighted by atomic mass is 79.9. The van der Waals surface area contributed by atoms with E-state index in [1.54, 1.807) is 4.90 Å². The topological polar surface area (TPSA) is 20.3 Å². The number of amides is 1. The number of benzene rings is 1. The molecule has 0 saturated carbocycles. The SMILES string of the molecule is CCN(CCBr)C(=O)c1ccc(F)cc1. The number of nitrogens with zero attached hydrogens (tertiary/aromatic N) is 1. The lowest BCUT2D eigenvalue weighted by Gasteiger charge is -2.19. The van der Waals surface area contributed by atoms with Crippen molar-refractivity contribution < 1.29 is 9.18 Å². The van der Waals surface area contributed by atoms with Gasteiger partial charge in [0.1, 0.15) is 5.82 Å². The summed E-state index contributed by atoms with van der Waals surface area (Å²) in [7, 11) is 0. The number of hydrogen-bond donors (Lipinski definition) is 0. The molecule has 0 heterocycles. The van der Waals surface area contributed by atoms with Gasteiger partial charge in [0.2, 0.25) is 0 Å². The van der Waals surface area contributed by atoms with Crippen molar-refractivity contribution in [3.05, 3.63) is 35.6 Å². The zero-order valence-corrected chi connectivity index (χ0v) is 10.1. The maximum atomic E-state index is 12.6. The Bertz CT molecular complexity index is 326. The lowest BCUT2D eigenvalue weighted by molar-refractivity contribution is 0.0775. The predicted molar refractivity (Wildman–Crippen MR) is 61.8 cm³/mol. The second kappa shape index (κ2) is 5.85. The Labute approximate surface area is 97.2 Å². The molecule has 0 aliphatic rings. The number of carbonyl (C=O) groups excluding carboxylic acids is 1. The molecule has 1 rings (SSSR count). The van der Waals surface area contributed by atoms with Crippen molar-refractivity contribution in [1.29, 1.82) is 0 Å². The Morgan fingerprint density at radius 1 is 1.40 bits per heavy atom. The predicted octanol–water partition coefficient (Wildman–Crippen LogP) is 2.68. The molecule has 0 aromatic heterocycles. The van der Waals surface area contributed by atoms with Crippen molar-refractivity contribution >= 4 is 21.8 Å². The summed E-state index contributed by atoms with van der Waals surface area (Å²) in [6.07, 6.45) is 0. The lowest BCUT2D eigenvalue weighted by atomic mass is 10.2. The third-order valence-electron chi connectivity index (χ3n) is 2.11. The molecule has 4 heteroatoms. The number of hydrogen-bond acceptors (Lipinski definition) is 1. The van der Waals surface area contributed by atoms with E-state index >= 15 is 0 Å². The molecule has 0 unspecified atom stereocenters. The summed E-state index contributed by atoms with van der Waals surface area (Å²) < 4.78 is 12.6. The van der Waals surface area contributed by atoms with E-state index in [2.05, 4.69) is 15.9 Å². The van der Waals surface area contributed by atoms with Gasteiger partial charge in [-0.25, -0.2) is 4.39 Å². The van der Waals surface area contributed by atoms with Gasteiger partial charge >= 0.3 is 0 Å². The minimum Gasteiger partial charge on any atom is -0.338 e. The maximum absolute atomic E-state index is 12.6. The highest BCUT2D eigenvalue weighted by Gasteiger charge is 2.12. The van der Waals surface area contributed by atoms with Crippen LogP contribution in [0.4, 0.5) is 4.39 Å². The lowest BCUT2D eigenvalue weighted by Crippen LogP contribution is -2.32. The molecule has 0 aliphatic heterocycles. The van der Waals surface area contributed by atoms with Crippen LogP contribution in [-0.4, -0.2) is 29.2 Å². The molecule has 15 heavy (non-hydrogen) atoms. The van der Waals surface area contributed by atoms with Crippen molar-refractivity contribution in [3.63, 3.8) is 0 Å². The molecule has 0 N–H and O–H groups in total. The van der Waals surface area contributed by atoms with Crippen LogP contribution in [0.1, 0.15) is 17.3 Å². The van der Waals surface area contributed by atoms with Gasteiger partial charge in [0, 0.05) is 24.0 Å². The number of alkyl halides is 1. The standard InChI is InChI=1S/C11H13BrFNO/c1-2-14(8-7-12)11(15)9-3-5-10(13)6-4-9/h3-6H,2,7-8H2,1H3. The van der Waals surface area contributed by atoms with Gasteiger partial charge in [-0.05, 0) is 31.2 Å². The first-order valence-corrected chi connectivity index (χ1v) is 5.92. The maximum Gasteiger partial charge on any atom is 0.253 e. The molecule has 0 atom stereocenters. The molecule has 0 fully saturated rings. The van der Waals surface area contributed by atoms with Gasteiger partial charge < -0.3 is 4.90 Å². The van der Waals surface area contributed by atoms with E-state index in [4.69, 9.17) is 0 Å². The van der Waals surface area contributed by atoms with Crippen LogP contribution in [-0.2, 0) is 0 Å². The number of carbonyl (C=O) groups is 1. The van der Waals surface area contributed by atoms with Crippen LogP contribution in [0, 0.1) is 5.82 Å². The van der Waals surface area contributed by atoms with Crippen molar-refractivity contribution in [2.75, 3.05) is 18.4 Å². The zero-order valence-electron chi connectivity index (χ0n) is 8.54. The molecule has 2 nitrogen and oxygen atoms in total. The summed E-state index contributed by atoms with van der Waals surface area (Å²) in [5.41, 5.74) is 0.527. The molecule has 0 radical (unpaired) electrons. The summed E-state index contributed by atoms with van der Waals surface area (Å²) in [5, 5.41) is 0.744. The van der Waals surface area contributed by atoms with E-state index in [0.717, 1.165) is 5.33 Å². The second-order valence-electron chi connectivity index (χ2n) is 3.08. The Hall–Kier alpha value is -0.900. The van der Waals surface area contributed by atoms with Gasteiger partial charge in [0.05, 0.1) is 0 Å². The molecular formula is C11H13BrFNO. The van der Waals surface area contributed by atoms with Crippen molar-refractivity contribution in [2.24, 2.45) is 0 Å². The summed E-state index contributed by atoms with van der Waals surface area (Å²) >= 11 is 3.29. The van der Waals surface area contributed by atoms with Gasteiger partial charge in [0.25, 0.3) is 5.91 Å². The van der Waals surface area contributed by atoms with Crippen LogP contribution < -0.4 is 0 Å². The first-order chi connectivity index (χ1) is 7.19. The number of rotatable bonds is 4. The molecule has 1 amide bonds. The van der Waals surface area contributed by atoms with E-state index in [1.807, 2.05) is 6.92 Å². The Morgan fingerprint density at radius 3 is 2.47 bits per heavy atom. The number of halogens is 2. The van der Waals surface area contributed by atoms with Crippen LogP contribution in [0.15, 0.2) is 24.3 Å². The van der Waals surface area contributed by atoms with E-state index < -0.39 is 0 Å². The first-order valence-electron chi connectivity index (χ1n) is 4.79. The highest BCUT2D eigenvalue weighted by molar-refractivity contribution is 9.09. The van der Waals surface area contributed by atoms with E-state index in [9.17, 15) is 9.18 Å².